The third-order valence-electron chi connectivity index (χ3n) is 4.38. The van der Waals surface area contributed by atoms with Crippen LogP contribution >= 0.6 is 11.8 Å². The van der Waals surface area contributed by atoms with Gasteiger partial charge in [0.15, 0.2) is 0 Å². The number of fused-ring (bicyclic) bond motifs is 2. The zero-order valence-electron chi connectivity index (χ0n) is 12.3. The van der Waals surface area contributed by atoms with E-state index in [1.807, 2.05) is 18.3 Å². The highest BCUT2D eigenvalue weighted by Gasteiger charge is 2.27. The van der Waals surface area contributed by atoms with Crippen molar-refractivity contribution in [3.63, 3.8) is 0 Å². The molecule has 0 fully saturated rings. The van der Waals surface area contributed by atoms with Crippen LogP contribution in [0.4, 0.5) is 0 Å². The Morgan fingerprint density at radius 3 is 3.09 bits per heavy atom. The quantitative estimate of drug-likeness (QED) is 0.948. The number of pyridine rings is 1. The molecule has 1 aliphatic carbocycles. The number of aryl methyl sites for hydroxylation is 2. The van der Waals surface area contributed by atoms with Gasteiger partial charge < -0.3 is 5.32 Å². The fourth-order valence-corrected chi connectivity index (χ4v) is 4.42. The molecule has 1 aliphatic heterocycles. The van der Waals surface area contributed by atoms with Crippen molar-refractivity contribution in [3.8, 4) is 0 Å². The smallest absolute Gasteiger partial charge is 0.234 e. The summed E-state index contributed by atoms with van der Waals surface area (Å²) in [6.07, 6.45) is 6.15. The Morgan fingerprint density at radius 1 is 1.27 bits per heavy atom. The van der Waals surface area contributed by atoms with Crippen molar-refractivity contribution in [2.24, 2.45) is 0 Å². The first-order valence-corrected chi connectivity index (χ1v) is 8.66. The summed E-state index contributed by atoms with van der Waals surface area (Å²) in [6.45, 7) is 0.576. The van der Waals surface area contributed by atoms with Crippen LogP contribution < -0.4 is 5.32 Å². The van der Waals surface area contributed by atoms with Crippen molar-refractivity contribution < 1.29 is 4.79 Å². The Hall–Kier alpha value is -1.81. The number of thioether (sulfide) groups is 1. The van der Waals surface area contributed by atoms with E-state index >= 15 is 0 Å². The predicted molar refractivity (Wildman–Crippen MR) is 87.9 cm³/mol. The normalized spacial score (nSPS) is 18.8. The lowest BCUT2D eigenvalue weighted by atomic mass is 10.1. The Labute approximate surface area is 134 Å². The van der Waals surface area contributed by atoms with Gasteiger partial charge >= 0.3 is 0 Å². The fraction of sp³-hybridized carbons (Fsp3) is 0.333. The summed E-state index contributed by atoms with van der Waals surface area (Å²) in [5, 5.41) is 3.07. The van der Waals surface area contributed by atoms with Gasteiger partial charge in [-0.25, -0.2) is 0 Å². The average molecular weight is 310 g/mol. The van der Waals surface area contributed by atoms with E-state index in [0.717, 1.165) is 24.8 Å². The lowest BCUT2D eigenvalue weighted by Gasteiger charge is -2.10. The molecule has 1 atom stereocenters. The van der Waals surface area contributed by atoms with Gasteiger partial charge in [0.25, 0.3) is 0 Å². The Kier molecular flexibility index (Phi) is 3.62. The number of benzene rings is 1. The lowest BCUT2D eigenvalue weighted by molar-refractivity contribution is -0.120. The van der Waals surface area contributed by atoms with E-state index in [1.54, 1.807) is 11.8 Å². The maximum Gasteiger partial charge on any atom is 0.234 e. The number of amides is 1. The van der Waals surface area contributed by atoms with Crippen LogP contribution in [-0.4, -0.2) is 16.1 Å². The number of nitrogens with one attached hydrogen (secondary N) is 1. The van der Waals surface area contributed by atoms with Crippen LogP contribution in [0.3, 0.4) is 0 Å². The van der Waals surface area contributed by atoms with Gasteiger partial charge in [-0.1, -0.05) is 24.3 Å². The third-order valence-corrected chi connectivity index (χ3v) is 5.70. The summed E-state index contributed by atoms with van der Waals surface area (Å²) in [6, 6.07) is 10.5. The third kappa shape index (κ3) is 2.63. The van der Waals surface area contributed by atoms with Gasteiger partial charge in [-0.15, -0.1) is 11.8 Å². The van der Waals surface area contributed by atoms with Crippen LogP contribution in [-0.2, 0) is 30.6 Å². The van der Waals surface area contributed by atoms with E-state index in [9.17, 15) is 4.79 Å². The van der Waals surface area contributed by atoms with Crippen molar-refractivity contribution in [1.82, 2.24) is 10.3 Å². The van der Waals surface area contributed by atoms with Crippen LogP contribution in [0.25, 0.3) is 0 Å². The first kappa shape index (κ1) is 13.8. The molecule has 0 saturated carbocycles. The van der Waals surface area contributed by atoms with E-state index in [1.165, 1.54) is 28.1 Å². The predicted octanol–water partition coefficient (Wildman–Crippen LogP) is 2.90. The molecule has 0 unspecified atom stereocenters. The molecule has 1 N–H and O–H groups in total. The van der Waals surface area contributed by atoms with Crippen LogP contribution in [0, 0.1) is 0 Å². The number of carbonyl (C=O) groups is 1. The second-order valence-corrected chi connectivity index (χ2v) is 7.18. The number of carbonyl (C=O) groups excluding carboxylic acids is 1. The summed E-state index contributed by atoms with van der Waals surface area (Å²) in [7, 11) is 0. The molecule has 22 heavy (non-hydrogen) atoms. The zero-order chi connectivity index (χ0) is 14.9. The number of aromatic nitrogens is 1. The van der Waals surface area contributed by atoms with E-state index < -0.39 is 0 Å². The molecule has 0 radical (unpaired) electrons. The summed E-state index contributed by atoms with van der Waals surface area (Å²) in [5.74, 6) is 0.127. The number of nitrogens with zero attached hydrogens (tertiary/aromatic N) is 1. The van der Waals surface area contributed by atoms with Gasteiger partial charge in [-0.05, 0) is 48.4 Å². The second-order valence-electron chi connectivity index (χ2n) is 5.94. The van der Waals surface area contributed by atoms with E-state index in [4.69, 9.17) is 0 Å². The molecule has 4 heteroatoms. The minimum atomic E-state index is -0.000198. The highest BCUT2D eigenvalue weighted by atomic mass is 32.2. The first-order valence-electron chi connectivity index (χ1n) is 7.78. The molecule has 112 valence electrons. The fourth-order valence-electron chi connectivity index (χ4n) is 3.20. The molecule has 1 amide bonds. The minimum Gasteiger partial charge on any atom is -0.351 e. The summed E-state index contributed by atoms with van der Waals surface area (Å²) >= 11 is 1.67. The molecule has 2 aliphatic rings. The Morgan fingerprint density at radius 2 is 2.18 bits per heavy atom. The van der Waals surface area contributed by atoms with Gasteiger partial charge in [0.1, 0.15) is 0 Å². The summed E-state index contributed by atoms with van der Waals surface area (Å²) in [5.41, 5.74) is 4.98. The second kappa shape index (κ2) is 5.76. The van der Waals surface area contributed by atoms with Gasteiger partial charge in [0.2, 0.25) is 5.91 Å². The maximum absolute atomic E-state index is 12.4. The molecular weight excluding hydrogens is 292 g/mol. The Bertz CT molecular complexity index is 704. The molecule has 1 aromatic carbocycles. The number of hydrogen-bond donors (Lipinski definition) is 1. The van der Waals surface area contributed by atoms with Crippen molar-refractivity contribution in [1.29, 1.82) is 0 Å². The number of hydrogen-bond acceptors (Lipinski definition) is 3. The van der Waals surface area contributed by atoms with Crippen molar-refractivity contribution in [3.05, 3.63) is 58.9 Å². The van der Waals surface area contributed by atoms with E-state index in [-0.39, 0.29) is 11.2 Å². The summed E-state index contributed by atoms with van der Waals surface area (Å²) in [4.78, 5) is 18.1. The van der Waals surface area contributed by atoms with E-state index in [0.29, 0.717) is 6.54 Å². The van der Waals surface area contributed by atoms with Crippen LogP contribution in [0.1, 0.15) is 28.8 Å². The highest BCUT2D eigenvalue weighted by molar-refractivity contribution is 8.01. The monoisotopic (exact) mass is 310 g/mol. The average Bonchev–Trinajstić information content (AvgIpc) is 3.18. The van der Waals surface area contributed by atoms with E-state index in [2.05, 4.69) is 28.5 Å². The molecule has 0 spiro atoms. The minimum absolute atomic E-state index is 0.000198. The first-order chi connectivity index (χ1) is 10.8. The standard InChI is InChI=1S/C18H18N2OS/c21-18(17-9-14-4-1-2-7-16(14)22-17)20-11-12-8-13-5-3-6-15(13)19-10-12/h1-2,4,7-8,10,17H,3,5-6,9,11H2,(H,20,21)/t17-/m1/s1. The van der Waals surface area contributed by atoms with Crippen molar-refractivity contribution in [2.45, 2.75) is 42.4 Å². The Balaban J connectivity index is 1.37. The van der Waals surface area contributed by atoms with Crippen LogP contribution in [0.15, 0.2) is 41.4 Å². The molecule has 3 nitrogen and oxygen atoms in total. The molecule has 4 rings (SSSR count). The lowest BCUT2D eigenvalue weighted by Crippen LogP contribution is -2.32. The maximum atomic E-state index is 12.4. The number of rotatable bonds is 3. The molecule has 0 saturated heterocycles. The van der Waals surface area contributed by atoms with Crippen LogP contribution in [0.2, 0.25) is 0 Å². The highest BCUT2D eigenvalue weighted by Crippen LogP contribution is 2.36. The van der Waals surface area contributed by atoms with Gasteiger partial charge in [0, 0.05) is 23.3 Å². The van der Waals surface area contributed by atoms with Crippen molar-refractivity contribution in [2.75, 3.05) is 0 Å². The van der Waals surface area contributed by atoms with Crippen LogP contribution in [0.5, 0.6) is 0 Å². The summed E-state index contributed by atoms with van der Waals surface area (Å²) < 4.78 is 0. The van der Waals surface area contributed by atoms with Gasteiger partial charge in [0.05, 0.1) is 5.25 Å². The van der Waals surface area contributed by atoms with Crippen molar-refractivity contribution >= 4 is 17.7 Å². The zero-order valence-corrected chi connectivity index (χ0v) is 13.2. The molecule has 1 aromatic heterocycles. The molecule has 2 aromatic rings. The molecular formula is C18H18N2OS. The topological polar surface area (TPSA) is 42.0 Å². The van der Waals surface area contributed by atoms with Gasteiger partial charge in [-0.3, -0.25) is 9.78 Å². The SMILES string of the molecule is O=C(NCc1cnc2c(c1)CCC2)[C@H]1Cc2ccccc2S1. The van der Waals surface area contributed by atoms with Gasteiger partial charge in [-0.2, -0.15) is 0 Å². The molecule has 0 bridgehead atoms. The largest absolute Gasteiger partial charge is 0.351 e. The molecule has 2 heterocycles.